The van der Waals surface area contributed by atoms with Crippen LogP contribution in [0.4, 0.5) is 0 Å². The summed E-state index contributed by atoms with van der Waals surface area (Å²) in [6.45, 7) is 2.79. The highest BCUT2D eigenvalue weighted by Crippen LogP contribution is 2.35. The van der Waals surface area contributed by atoms with Crippen LogP contribution in [0.15, 0.2) is 54.6 Å². The van der Waals surface area contributed by atoms with Crippen molar-refractivity contribution in [2.75, 3.05) is 6.54 Å². The maximum atomic E-state index is 12.3. The van der Waals surface area contributed by atoms with Crippen molar-refractivity contribution in [1.29, 1.82) is 0 Å². The van der Waals surface area contributed by atoms with Crippen molar-refractivity contribution in [1.82, 2.24) is 4.90 Å². The Morgan fingerprint density at radius 2 is 1.74 bits per heavy atom. The van der Waals surface area contributed by atoms with Crippen molar-refractivity contribution in [3.05, 3.63) is 71.3 Å². The van der Waals surface area contributed by atoms with E-state index in [1.54, 1.807) is 0 Å². The highest BCUT2D eigenvalue weighted by molar-refractivity contribution is 5.82. The lowest BCUT2D eigenvalue weighted by Gasteiger charge is -2.37. The van der Waals surface area contributed by atoms with Crippen LogP contribution in [0.3, 0.4) is 0 Å². The predicted octanol–water partition coefficient (Wildman–Crippen LogP) is 3.18. The van der Waals surface area contributed by atoms with Gasteiger partial charge in [-0.2, -0.15) is 0 Å². The van der Waals surface area contributed by atoms with Gasteiger partial charge in [-0.05, 0) is 23.6 Å². The SMILES string of the molecule is CCN1C(=O)Cc2ccccc2C1c1ccccc1. The summed E-state index contributed by atoms with van der Waals surface area (Å²) >= 11 is 0. The number of likely N-dealkylation sites (N-methyl/N-ethyl adjacent to an activating group) is 1. The van der Waals surface area contributed by atoms with Crippen LogP contribution in [-0.2, 0) is 11.2 Å². The first-order valence-corrected chi connectivity index (χ1v) is 6.73. The minimum absolute atomic E-state index is 0.0589. The van der Waals surface area contributed by atoms with Gasteiger partial charge in [-0.15, -0.1) is 0 Å². The number of fused-ring (bicyclic) bond motifs is 1. The van der Waals surface area contributed by atoms with Gasteiger partial charge in [0.2, 0.25) is 5.91 Å². The fourth-order valence-corrected chi connectivity index (χ4v) is 2.89. The van der Waals surface area contributed by atoms with Gasteiger partial charge in [0.1, 0.15) is 0 Å². The molecule has 1 unspecified atom stereocenters. The summed E-state index contributed by atoms with van der Waals surface area (Å²) in [7, 11) is 0. The van der Waals surface area contributed by atoms with E-state index < -0.39 is 0 Å². The lowest BCUT2D eigenvalue weighted by atomic mass is 9.88. The van der Waals surface area contributed by atoms with Crippen molar-refractivity contribution in [2.45, 2.75) is 19.4 Å². The Balaban J connectivity index is 2.15. The molecule has 1 amide bonds. The van der Waals surface area contributed by atoms with Gasteiger partial charge in [-0.25, -0.2) is 0 Å². The number of nitrogens with zero attached hydrogens (tertiary/aromatic N) is 1. The number of amides is 1. The Bertz CT molecular complexity index is 591. The molecule has 2 heteroatoms. The number of carbonyl (C=O) groups is 1. The number of hydrogen-bond acceptors (Lipinski definition) is 1. The maximum Gasteiger partial charge on any atom is 0.227 e. The molecule has 0 N–H and O–H groups in total. The van der Waals surface area contributed by atoms with Crippen molar-refractivity contribution in [3.8, 4) is 0 Å². The summed E-state index contributed by atoms with van der Waals surface area (Å²) in [5.41, 5.74) is 3.60. The van der Waals surface area contributed by atoms with E-state index in [0.29, 0.717) is 6.42 Å². The summed E-state index contributed by atoms with van der Waals surface area (Å²) in [5.74, 6) is 0.218. The molecule has 2 nitrogen and oxygen atoms in total. The third-order valence-electron chi connectivity index (χ3n) is 3.78. The zero-order valence-electron chi connectivity index (χ0n) is 11.0. The molecule has 1 atom stereocenters. The van der Waals surface area contributed by atoms with Crippen LogP contribution in [0.5, 0.6) is 0 Å². The first kappa shape index (κ1) is 12.0. The Labute approximate surface area is 113 Å². The lowest BCUT2D eigenvalue weighted by molar-refractivity contribution is -0.132. The highest BCUT2D eigenvalue weighted by atomic mass is 16.2. The molecule has 0 fully saturated rings. The van der Waals surface area contributed by atoms with Gasteiger partial charge < -0.3 is 4.90 Å². The van der Waals surface area contributed by atoms with Crippen LogP contribution in [0.1, 0.15) is 29.7 Å². The molecule has 0 radical (unpaired) electrons. The summed E-state index contributed by atoms with van der Waals surface area (Å²) in [6.07, 6.45) is 0.521. The zero-order chi connectivity index (χ0) is 13.2. The van der Waals surface area contributed by atoms with Gasteiger partial charge in [0, 0.05) is 6.54 Å². The number of benzene rings is 2. The minimum atomic E-state index is 0.0589. The van der Waals surface area contributed by atoms with Crippen molar-refractivity contribution in [2.24, 2.45) is 0 Å². The number of rotatable bonds is 2. The van der Waals surface area contributed by atoms with Crippen LogP contribution in [0.2, 0.25) is 0 Å². The molecule has 1 heterocycles. The topological polar surface area (TPSA) is 20.3 Å². The van der Waals surface area contributed by atoms with Crippen molar-refractivity contribution < 1.29 is 4.79 Å². The largest absolute Gasteiger partial charge is 0.332 e. The Kier molecular flexibility index (Phi) is 3.08. The fourth-order valence-electron chi connectivity index (χ4n) is 2.89. The fraction of sp³-hybridized carbons (Fsp3) is 0.235. The molecule has 0 bridgehead atoms. The molecule has 1 aliphatic heterocycles. The third-order valence-corrected chi connectivity index (χ3v) is 3.78. The third kappa shape index (κ3) is 2.03. The van der Waals surface area contributed by atoms with Crippen LogP contribution < -0.4 is 0 Å². The molecule has 19 heavy (non-hydrogen) atoms. The second-order valence-electron chi connectivity index (χ2n) is 4.87. The van der Waals surface area contributed by atoms with E-state index in [4.69, 9.17) is 0 Å². The van der Waals surface area contributed by atoms with Crippen LogP contribution >= 0.6 is 0 Å². The molecule has 2 aromatic carbocycles. The van der Waals surface area contributed by atoms with Crippen LogP contribution in [-0.4, -0.2) is 17.4 Å². The summed E-state index contributed by atoms with van der Waals surface area (Å²) in [4.78, 5) is 14.3. The molecule has 0 spiro atoms. The molecule has 0 saturated carbocycles. The van der Waals surface area contributed by atoms with E-state index in [-0.39, 0.29) is 11.9 Å². The predicted molar refractivity (Wildman–Crippen MR) is 75.8 cm³/mol. The Morgan fingerprint density at radius 3 is 2.47 bits per heavy atom. The van der Waals surface area contributed by atoms with Crippen molar-refractivity contribution >= 4 is 5.91 Å². The number of hydrogen-bond donors (Lipinski definition) is 0. The van der Waals surface area contributed by atoms with E-state index in [9.17, 15) is 4.79 Å². The summed E-state index contributed by atoms with van der Waals surface area (Å²) in [6, 6.07) is 18.6. The van der Waals surface area contributed by atoms with E-state index in [0.717, 1.165) is 12.1 Å². The smallest absolute Gasteiger partial charge is 0.227 e. The zero-order valence-corrected chi connectivity index (χ0v) is 11.0. The summed E-state index contributed by atoms with van der Waals surface area (Å²) in [5, 5.41) is 0. The molecule has 3 rings (SSSR count). The number of carbonyl (C=O) groups excluding carboxylic acids is 1. The van der Waals surface area contributed by atoms with E-state index >= 15 is 0 Å². The normalized spacial score (nSPS) is 18.3. The lowest BCUT2D eigenvalue weighted by Crippen LogP contribution is -2.40. The molecule has 96 valence electrons. The second-order valence-corrected chi connectivity index (χ2v) is 4.87. The average Bonchev–Trinajstić information content (AvgIpc) is 2.46. The Morgan fingerprint density at radius 1 is 1.05 bits per heavy atom. The monoisotopic (exact) mass is 251 g/mol. The second kappa shape index (κ2) is 4.88. The van der Waals surface area contributed by atoms with Gasteiger partial charge in [0.05, 0.1) is 12.5 Å². The standard InChI is InChI=1S/C17H17NO/c1-2-18-16(19)12-14-10-6-7-11-15(14)17(18)13-8-4-3-5-9-13/h3-11,17H,2,12H2,1H3. The van der Waals surface area contributed by atoms with E-state index in [2.05, 4.69) is 30.3 Å². The first-order valence-electron chi connectivity index (χ1n) is 6.73. The van der Waals surface area contributed by atoms with Gasteiger partial charge in [0.25, 0.3) is 0 Å². The molecular weight excluding hydrogens is 234 g/mol. The van der Waals surface area contributed by atoms with E-state index in [1.807, 2.05) is 36.1 Å². The molecular formula is C17H17NO. The molecule has 0 saturated heterocycles. The minimum Gasteiger partial charge on any atom is -0.332 e. The van der Waals surface area contributed by atoms with Crippen LogP contribution in [0.25, 0.3) is 0 Å². The van der Waals surface area contributed by atoms with Gasteiger partial charge >= 0.3 is 0 Å². The first-order chi connectivity index (χ1) is 9.31. The highest BCUT2D eigenvalue weighted by Gasteiger charge is 2.31. The van der Waals surface area contributed by atoms with Crippen LogP contribution in [0, 0.1) is 0 Å². The molecule has 0 aliphatic carbocycles. The Hall–Kier alpha value is -2.09. The van der Waals surface area contributed by atoms with Crippen molar-refractivity contribution in [3.63, 3.8) is 0 Å². The van der Waals surface area contributed by atoms with Gasteiger partial charge in [-0.3, -0.25) is 4.79 Å². The van der Waals surface area contributed by atoms with E-state index in [1.165, 1.54) is 11.1 Å². The van der Waals surface area contributed by atoms with Gasteiger partial charge in [-0.1, -0.05) is 54.6 Å². The molecule has 2 aromatic rings. The quantitative estimate of drug-likeness (QED) is 0.802. The maximum absolute atomic E-state index is 12.3. The summed E-state index contributed by atoms with van der Waals surface area (Å²) < 4.78 is 0. The molecule has 1 aliphatic rings. The van der Waals surface area contributed by atoms with Gasteiger partial charge in [0.15, 0.2) is 0 Å². The molecule has 0 aromatic heterocycles. The average molecular weight is 251 g/mol.